The molecule has 1 fully saturated rings. The fraction of sp³-hybridized carbons (Fsp3) is 0.438. The van der Waals surface area contributed by atoms with E-state index in [1.54, 1.807) is 11.3 Å². The first-order valence-corrected chi connectivity index (χ1v) is 8.56. The van der Waals surface area contributed by atoms with Crippen LogP contribution in [0.4, 0.5) is 0 Å². The molecule has 5 nitrogen and oxygen atoms in total. The molecule has 2 aromatic heterocycles. The van der Waals surface area contributed by atoms with Crippen LogP contribution < -0.4 is 0 Å². The van der Waals surface area contributed by atoms with Gasteiger partial charge in [-0.05, 0) is 31.5 Å². The minimum absolute atomic E-state index is 0.370. The van der Waals surface area contributed by atoms with Crippen LogP contribution in [0.1, 0.15) is 42.5 Å². The average molecular weight is 314 g/mol. The number of hydrogen-bond acceptors (Lipinski definition) is 6. The van der Waals surface area contributed by atoms with Crippen LogP contribution in [-0.2, 0) is 13.0 Å². The standard InChI is InChI=1S/C16H18N4OS/c1-2-14-18-15(21-19-14)10-20-9-5-7-12(20)16-17-11-6-3-4-8-13(11)22-16/h3-4,6,8,12H,2,5,7,9-10H2,1H3. The van der Waals surface area contributed by atoms with Crippen LogP contribution in [-0.4, -0.2) is 26.6 Å². The summed E-state index contributed by atoms with van der Waals surface area (Å²) in [5, 5.41) is 5.19. The molecule has 0 aliphatic carbocycles. The molecule has 6 heteroatoms. The van der Waals surface area contributed by atoms with Gasteiger partial charge < -0.3 is 4.52 Å². The van der Waals surface area contributed by atoms with Crippen molar-refractivity contribution in [3.63, 3.8) is 0 Å². The number of para-hydroxylation sites is 1. The van der Waals surface area contributed by atoms with E-state index in [9.17, 15) is 0 Å². The van der Waals surface area contributed by atoms with Gasteiger partial charge >= 0.3 is 0 Å². The average Bonchev–Trinajstić information content (AvgIpc) is 3.25. The van der Waals surface area contributed by atoms with Gasteiger partial charge in [0.05, 0.1) is 22.8 Å². The van der Waals surface area contributed by atoms with Crippen molar-refractivity contribution in [1.29, 1.82) is 0 Å². The SMILES string of the molecule is CCc1noc(CN2CCCC2c2nc3ccccc3s2)n1. The lowest BCUT2D eigenvalue weighted by atomic mass is 10.2. The minimum Gasteiger partial charge on any atom is -0.338 e. The Morgan fingerprint density at radius 3 is 3.05 bits per heavy atom. The van der Waals surface area contributed by atoms with Crippen LogP contribution in [0.15, 0.2) is 28.8 Å². The second kappa shape index (κ2) is 5.78. The lowest BCUT2D eigenvalue weighted by Gasteiger charge is -2.20. The zero-order valence-corrected chi connectivity index (χ0v) is 13.3. The molecule has 0 saturated carbocycles. The predicted octanol–water partition coefficient (Wildman–Crippen LogP) is 3.58. The maximum atomic E-state index is 5.34. The number of aryl methyl sites for hydroxylation is 1. The molecule has 0 amide bonds. The molecule has 114 valence electrons. The lowest BCUT2D eigenvalue weighted by molar-refractivity contribution is 0.212. The van der Waals surface area contributed by atoms with E-state index in [2.05, 4.69) is 33.2 Å². The largest absolute Gasteiger partial charge is 0.338 e. The van der Waals surface area contributed by atoms with Crippen molar-refractivity contribution < 1.29 is 4.52 Å². The highest BCUT2D eigenvalue weighted by Crippen LogP contribution is 2.37. The number of nitrogens with zero attached hydrogens (tertiary/aromatic N) is 4. The van der Waals surface area contributed by atoms with Gasteiger partial charge in [0, 0.05) is 6.42 Å². The Bertz CT molecular complexity index is 748. The molecule has 0 bridgehead atoms. The number of aromatic nitrogens is 3. The smallest absolute Gasteiger partial charge is 0.240 e. The minimum atomic E-state index is 0.370. The number of hydrogen-bond donors (Lipinski definition) is 0. The first-order valence-electron chi connectivity index (χ1n) is 7.74. The summed E-state index contributed by atoms with van der Waals surface area (Å²) in [6.07, 6.45) is 3.15. The molecule has 1 aliphatic rings. The molecule has 1 aromatic carbocycles. The first kappa shape index (κ1) is 13.8. The summed E-state index contributed by atoms with van der Waals surface area (Å²) in [6.45, 7) is 3.81. The van der Waals surface area contributed by atoms with Crippen molar-refractivity contribution in [3.05, 3.63) is 41.0 Å². The number of fused-ring (bicyclic) bond motifs is 1. The maximum Gasteiger partial charge on any atom is 0.240 e. The van der Waals surface area contributed by atoms with Crippen molar-refractivity contribution in [2.45, 2.75) is 38.8 Å². The van der Waals surface area contributed by atoms with E-state index in [0.29, 0.717) is 18.5 Å². The Kier molecular flexibility index (Phi) is 3.63. The molecule has 1 unspecified atom stereocenters. The van der Waals surface area contributed by atoms with Crippen molar-refractivity contribution in [3.8, 4) is 0 Å². The fourth-order valence-electron chi connectivity index (χ4n) is 3.00. The zero-order valence-electron chi connectivity index (χ0n) is 12.5. The van der Waals surface area contributed by atoms with Crippen LogP contribution >= 0.6 is 11.3 Å². The molecule has 0 spiro atoms. The molecular formula is C16H18N4OS. The Balaban J connectivity index is 1.57. The van der Waals surface area contributed by atoms with E-state index >= 15 is 0 Å². The third-order valence-electron chi connectivity index (χ3n) is 4.12. The Morgan fingerprint density at radius 2 is 2.23 bits per heavy atom. The summed E-state index contributed by atoms with van der Waals surface area (Å²) < 4.78 is 6.60. The first-order chi connectivity index (χ1) is 10.8. The van der Waals surface area contributed by atoms with E-state index < -0.39 is 0 Å². The van der Waals surface area contributed by atoms with Crippen LogP contribution in [0.2, 0.25) is 0 Å². The number of thiazole rings is 1. The van der Waals surface area contributed by atoms with Gasteiger partial charge in [0.25, 0.3) is 0 Å². The highest BCUT2D eigenvalue weighted by atomic mass is 32.1. The quantitative estimate of drug-likeness (QED) is 0.737. The molecular weight excluding hydrogens is 296 g/mol. The highest BCUT2D eigenvalue weighted by molar-refractivity contribution is 7.18. The van der Waals surface area contributed by atoms with Crippen LogP contribution in [0.25, 0.3) is 10.2 Å². The fourth-order valence-corrected chi connectivity index (χ4v) is 4.14. The number of benzene rings is 1. The summed E-state index contributed by atoms with van der Waals surface area (Å²) in [5.74, 6) is 1.50. The Labute approximate surface area is 133 Å². The van der Waals surface area contributed by atoms with Crippen molar-refractivity contribution in [2.75, 3.05) is 6.54 Å². The third kappa shape index (κ3) is 2.53. The van der Waals surface area contributed by atoms with Gasteiger partial charge in [-0.3, -0.25) is 4.90 Å². The van der Waals surface area contributed by atoms with E-state index in [0.717, 1.165) is 30.7 Å². The van der Waals surface area contributed by atoms with Gasteiger partial charge in [-0.2, -0.15) is 4.98 Å². The highest BCUT2D eigenvalue weighted by Gasteiger charge is 2.29. The maximum absolute atomic E-state index is 5.34. The van der Waals surface area contributed by atoms with Crippen molar-refractivity contribution in [2.24, 2.45) is 0 Å². The Hall–Kier alpha value is -1.79. The van der Waals surface area contributed by atoms with Crippen molar-refractivity contribution in [1.82, 2.24) is 20.0 Å². The van der Waals surface area contributed by atoms with Gasteiger partial charge in [-0.25, -0.2) is 4.98 Å². The molecule has 4 rings (SSSR count). The topological polar surface area (TPSA) is 55.1 Å². The summed E-state index contributed by atoms with van der Waals surface area (Å²) in [6, 6.07) is 8.71. The molecule has 22 heavy (non-hydrogen) atoms. The molecule has 3 aromatic rings. The van der Waals surface area contributed by atoms with Crippen molar-refractivity contribution >= 4 is 21.6 Å². The van der Waals surface area contributed by atoms with E-state index in [4.69, 9.17) is 9.51 Å². The van der Waals surface area contributed by atoms with Crippen LogP contribution in [0.3, 0.4) is 0 Å². The molecule has 3 heterocycles. The lowest BCUT2D eigenvalue weighted by Crippen LogP contribution is -2.22. The second-order valence-corrected chi connectivity index (χ2v) is 6.67. The van der Waals surface area contributed by atoms with Gasteiger partial charge in [0.1, 0.15) is 5.01 Å². The normalized spacial score (nSPS) is 19.2. The monoisotopic (exact) mass is 314 g/mol. The molecule has 1 saturated heterocycles. The van der Waals surface area contributed by atoms with Gasteiger partial charge in [0.15, 0.2) is 5.82 Å². The van der Waals surface area contributed by atoms with Gasteiger partial charge in [0.2, 0.25) is 5.89 Å². The third-order valence-corrected chi connectivity index (χ3v) is 5.26. The van der Waals surface area contributed by atoms with Gasteiger partial charge in [-0.15, -0.1) is 11.3 Å². The molecule has 0 radical (unpaired) electrons. The summed E-state index contributed by atoms with van der Waals surface area (Å²) in [4.78, 5) is 11.7. The number of rotatable bonds is 4. The Morgan fingerprint density at radius 1 is 1.32 bits per heavy atom. The second-order valence-electron chi connectivity index (χ2n) is 5.61. The van der Waals surface area contributed by atoms with Crippen LogP contribution in [0, 0.1) is 0 Å². The van der Waals surface area contributed by atoms with E-state index in [1.165, 1.54) is 16.1 Å². The molecule has 0 N–H and O–H groups in total. The number of likely N-dealkylation sites (tertiary alicyclic amines) is 1. The summed E-state index contributed by atoms with van der Waals surface area (Å²) >= 11 is 1.80. The van der Waals surface area contributed by atoms with E-state index in [-0.39, 0.29) is 0 Å². The summed E-state index contributed by atoms with van der Waals surface area (Å²) in [5.41, 5.74) is 1.10. The predicted molar refractivity (Wildman–Crippen MR) is 85.7 cm³/mol. The molecule has 1 atom stereocenters. The molecule has 1 aliphatic heterocycles. The summed E-state index contributed by atoms with van der Waals surface area (Å²) in [7, 11) is 0. The van der Waals surface area contributed by atoms with E-state index in [1.807, 2.05) is 13.0 Å². The zero-order chi connectivity index (χ0) is 14.9. The van der Waals surface area contributed by atoms with Crippen LogP contribution in [0.5, 0.6) is 0 Å². The van der Waals surface area contributed by atoms with Gasteiger partial charge in [-0.1, -0.05) is 24.2 Å².